The Morgan fingerprint density at radius 3 is 2.53 bits per heavy atom. The van der Waals surface area contributed by atoms with Crippen molar-refractivity contribution in [3.8, 4) is 12.3 Å². The lowest BCUT2D eigenvalue weighted by Gasteiger charge is -2.22. The van der Waals surface area contributed by atoms with E-state index in [1.807, 2.05) is 19.1 Å². The van der Waals surface area contributed by atoms with Crippen LogP contribution in [0.25, 0.3) is 0 Å². The molecule has 3 nitrogen and oxygen atoms in total. The van der Waals surface area contributed by atoms with E-state index in [0.717, 1.165) is 24.8 Å². The minimum atomic E-state index is -3.40. The molecule has 1 aromatic carbocycles. The van der Waals surface area contributed by atoms with Gasteiger partial charge < -0.3 is 0 Å². The van der Waals surface area contributed by atoms with E-state index in [1.165, 1.54) is 0 Å². The van der Waals surface area contributed by atoms with Crippen LogP contribution in [0.1, 0.15) is 24.8 Å². The number of aryl methyl sites for hydroxylation is 1. The normalized spacial score (nSPS) is 30.4. The number of nitrogens with zero attached hydrogens (tertiary/aromatic N) is 1. The summed E-state index contributed by atoms with van der Waals surface area (Å²) in [6.45, 7) is 1.95. The van der Waals surface area contributed by atoms with Gasteiger partial charge in [-0.1, -0.05) is 17.7 Å². The highest BCUT2D eigenvalue weighted by Crippen LogP contribution is 2.44. The molecular weight excluding hydrogens is 258 g/mol. The van der Waals surface area contributed by atoms with Crippen LogP contribution in [-0.2, 0) is 10.0 Å². The molecule has 1 aromatic rings. The molecule has 2 fully saturated rings. The highest BCUT2D eigenvalue weighted by atomic mass is 32.2. The Morgan fingerprint density at radius 2 is 1.95 bits per heavy atom. The average molecular weight is 275 g/mol. The zero-order valence-corrected chi connectivity index (χ0v) is 11.7. The molecule has 2 aliphatic rings. The van der Waals surface area contributed by atoms with Crippen LogP contribution in [0.15, 0.2) is 29.2 Å². The van der Waals surface area contributed by atoms with Crippen LogP contribution in [0.5, 0.6) is 0 Å². The molecule has 0 aliphatic carbocycles. The molecule has 100 valence electrons. The number of rotatable bonds is 2. The van der Waals surface area contributed by atoms with Gasteiger partial charge in [-0.15, -0.1) is 12.3 Å². The van der Waals surface area contributed by atoms with Crippen LogP contribution in [0, 0.1) is 25.2 Å². The van der Waals surface area contributed by atoms with Crippen LogP contribution in [0.3, 0.4) is 0 Å². The molecule has 2 bridgehead atoms. The van der Waals surface area contributed by atoms with E-state index in [4.69, 9.17) is 6.42 Å². The minimum Gasteiger partial charge on any atom is -0.207 e. The van der Waals surface area contributed by atoms with Crippen molar-refractivity contribution in [3.05, 3.63) is 29.8 Å². The summed E-state index contributed by atoms with van der Waals surface area (Å²) < 4.78 is 27.1. The highest BCUT2D eigenvalue weighted by Gasteiger charge is 2.51. The third kappa shape index (κ3) is 1.89. The number of benzene rings is 1. The summed E-state index contributed by atoms with van der Waals surface area (Å²) in [5, 5.41) is 0. The van der Waals surface area contributed by atoms with Gasteiger partial charge in [-0.05, 0) is 38.3 Å². The molecule has 0 saturated carbocycles. The third-order valence-electron chi connectivity index (χ3n) is 4.28. The molecular formula is C15H17NO2S. The molecule has 0 N–H and O–H groups in total. The summed E-state index contributed by atoms with van der Waals surface area (Å²) in [5.41, 5.74) is 1.06. The molecule has 2 saturated heterocycles. The van der Waals surface area contributed by atoms with Crippen molar-refractivity contribution in [1.82, 2.24) is 4.31 Å². The maximum absolute atomic E-state index is 12.7. The summed E-state index contributed by atoms with van der Waals surface area (Å²) in [6, 6.07) is 7.15. The van der Waals surface area contributed by atoms with Crippen LogP contribution < -0.4 is 0 Å². The Hall–Kier alpha value is -1.31. The predicted molar refractivity (Wildman–Crippen MR) is 74.0 cm³/mol. The first kappa shape index (κ1) is 12.7. The maximum atomic E-state index is 12.7. The van der Waals surface area contributed by atoms with E-state index < -0.39 is 10.0 Å². The molecule has 0 aromatic heterocycles. The van der Waals surface area contributed by atoms with Gasteiger partial charge in [-0.3, -0.25) is 0 Å². The number of hydrogen-bond donors (Lipinski definition) is 0. The molecule has 19 heavy (non-hydrogen) atoms. The summed E-state index contributed by atoms with van der Waals surface area (Å²) in [4.78, 5) is 0.382. The second-order valence-corrected chi connectivity index (χ2v) is 7.30. The summed E-state index contributed by atoms with van der Waals surface area (Å²) in [6.07, 6.45) is 8.16. The Kier molecular flexibility index (Phi) is 2.92. The summed E-state index contributed by atoms with van der Waals surface area (Å²) in [7, 11) is -3.40. The monoisotopic (exact) mass is 275 g/mol. The third-order valence-corrected chi connectivity index (χ3v) is 6.28. The van der Waals surface area contributed by atoms with E-state index in [0.29, 0.717) is 4.90 Å². The summed E-state index contributed by atoms with van der Waals surface area (Å²) >= 11 is 0. The average Bonchev–Trinajstić information content (AvgIpc) is 2.97. The largest absolute Gasteiger partial charge is 0.243 e. The van der Waals surface area contributed by atoms with E-state index in [9.17, 15) is 8.42 Å². The van der Waals surface area contributed by atoms with Crippen molar-refractivity contribution in [2.75, 3.05) is 0 Å². The minimum absolute atomic E-state index is 0.00121. The molecule has 4 heteroatoms. The van der Waals surface area contributed by atoms with Gasteiger partial charge in [0, 0.05) is 18.0 Å². The highest BCUT2D eigenvalue weighted by molar-refractivity contribution is 7.89. The van der Waals surface area contributed by atoms with Crippen molar-refractivity contribution in [1.29, 1.82) is 0 Å². The van der Waals surface area contributed by atoms with Gasteiger partial charge in [0.05, 0.1) is 4.90 Å². The smallest absolute Gasteiger partial charge is 0.207 e. The molecule has 2 aliphatic heterocycles. The van der Waals surface area contributed by atoms with Crippen molar-refractivity contribution >= 4 is 10.0 Å². The number of terminal acetylenes is 1. The second kappa shape index (κ2) is 4.36. The lowest BCUT2D eigenvalue weighted by atomic mass is 9.90. The van der Waals surface area contributed by atoms with Gasteiger partial charge in [0.2, 0.25) is 10.0 Å². The van der Waals surface area contributed by atoms with Gasteiger partial charge in [-0.25, -0.2) is 8.42 Å². The first-order valence-electron chi connectivity index (χ1n) is 6.60. The first-order chi connectivity index (χ1) is 9.04. The number of hydrogen-bond acceptors (Lipinski definition) is 2. The standard InChI is InChI=1S/C15H17NO2S/c1-3-12-10-13-6-9-15(12)16(13)19(17,18)14-7-4-11(2)5-8-14/h1,4-5,7-8,12-13,15H,6,9-10H2,2H3/t12-,13-,15+/m0/s1. The van der Waals surface area contributed by atoms with E-state index in [2.05, 4.69) is 5.92 Å². The molecule has 2 heterocycles. The molecule has 3 rings (SSSR count). The zero-order chi connectivity index (χ0) is 13.6. The molecule has 0 spiro atoms. The first-order valence-corrected chi connectivity index (χ1v) is 8.04. The predicted octanol–water partition coefficient (Wildman–Crippen LogP) is 2.17. The van der Waals surface area contributed by atoms with Crippen molar-refractivity contribution in [2.24, 2.45) is 5.92 Å². The van der Waals surface area contributed by atoms with Crippen molar-refractivity contribution in [3.63, 3.8) is 0 Å². The molecule has 0 unspecified atom stereocenters. The SMILES string of the molecule is C#C[C@H]1C[C@@H]2CC[C@H]1N2S(=O)(=O)c1ccc(C)cc1. The van der Waals surface area contributed by atoms with E-state index in [1.54, 1.807) is 16.4 Å². The topological polar surface area (TPSA) is 37.4 Å². The van der Waals surface area contributed by atoms with Crippen LogP contribution >= 0.6 is 0 Å². The number of fused-ring (bicyclic) bond motifs is 2. The Labute approximate surface area is 114 Å². The quantitative estimate of drug-likeness (QED) is 0.776. The van der Waals surface area contributed by atoms with Crippen molar-refractivity contribution < 1.29 is 8.42 Å². The van der Waals surface area contributed by atoms with Gasteiger partial charge in [0.1, 0.15) is 0 Å². The zero-order valence-electron chi connectivity index (χ0n) is 10.9. The Balaban J connectivity index is 1.98. The fourth-order valence-corrected chi connectivity index (χ4v) is 5.24. The fourth-order valence-electron chi connectivity index (χ4n) is 3.32. The van der Waals surface area contributed by atoms with Gasteiger partial charge >= 0.3 is 0 Å². The van der Waals surface area contributed by atoms with E-state index >= 15 is 0 Å². The van der Waals surface area contributed by atoms with Gasteiger partial charge in [0.15, 0.2) is 0 Å². The van der Waals surface area contributed by atoms with Crippen LogP contribution in [0.2, 0.25) is 0 Å². The van der Waals surface area contributed by atoms with E-state index in [-0.39, 0.29) is 18.0 Å². The Morgan fingerprint density at radius 1 is 1.26 bits per heavy atom. The van der Waals surface area contributed by atoms with Gasteiger partial charge in [0.25, 0.3) is 0 Å². The van der Waals surface area contributed by atoms with Crippen molar-refractivity contribution in [2.45, 2.75) is 43.2 Å². The maximum Gasteiger partial charge on any atom is 0.243 e. The Bertz CT molecular complexity index is 627. The molecule has 3 atom stereocenters. The van der Waals surface area contributed by atoms with Crippen LogP contribution in [0.4, 0.5) is 0 Å². The fraction of sp³-hybridized carbons (Fsp3) is 0.467. The van der Waals surface area contributed by atoms with Crippen LogP contribution in [-0.4, -0.2) is 24.8 Å². The second-order valence-electron chi connectivity index (χ2n) is 5.46. The molecule has 0 amide bonds. The molecule has 0 radical (unpaired) electrons. The lowest BCUT2D eigenvalue weighted by molar-refractivity contribution is 0.385. The number of sulfonamides is 1. The summed E-state index contributed by atoms with van der Waals surface area (Å²) in [5.74, 6) is 2.83. The lowest BCUT2D eigenvalue weighted by Crippen LogP contribution is -2.36. The van der Waals surface area contributed by atoms with Gasteiger partial charge in [-0.2, -0.15) is 4.31 Å².